The van der Waals surface area contributed by atoms with Gasteiger partial charge in [0.1, 0.15) is 22.7 Å². The van der Waals surface area contributed by atoms with Crippen LogP contribution in [0.4, 0.5) is 4.79 Å². The summed E-state index contributed by atoms with van der Waals surface area (Å²) in [4.78, 5) is 28.8. The Hall–Kier alpha value is -3.17. The summed E-state index contributed by atoms with van der Waals surface area (Å²) in [7, 11) is 3.24. The van der Waals surface area contributed by atoms with Gasteiger partial charge < -0.3 is 19.1 Å². The molecular formula is C35H44Cl2N4O4. The zero-order chi connectivity index (χ0) is 33.0. The lowest BCUT2D eigenvalue weighted by Gasteiger charge is -2.46. The van der Waals surface area contributed by atoms with Crippen molar-refractivity contribution in [3.8, 4) is 5.75 Å². The van der Waals surface area contributed by atoms with Crippen molar-refractivity contribution < 1.29 is 19.0 Å². The highest BCUT2D eigenvalue weighted by molar-refractivity contribution is 6.30. The number of methoxy groups -OCH3 is 2. The summed E-state index contributed by atoms with van der Waals surface area (Å²) in [5.74, 6) is 1.05. The molecule has 0 N–H and O–H groups in total. The normalized spacial score (nSPS) is 19.9. The number of ether oxygens (including phenoxy) is 3. The Morgan fingerprint density at radius 2 is 1.44 bits per heavy atom. The van der Waals surface area contributed by atoms with E-state index in [0.29, 0.717) is 60.1 Å². The third kappa shape index (κ3) is 6.85. The quantitative estimate of drug-likeness (QED) is 0.212. The third-order valence-electron chi connectivity index (χ3n) is 8.52. The fraction of sp³-hybridized carbons (Fsp3) is 0.457. The molecule has 0 bridgehead atoms. The Morgan fingerprint density at radius 3 is 1.93 bits per heavy atom. The summed E-state index contributed by atoms with van der Waals surface area (Å²) in [6.45, 7) is 14.2. The molecular weight excluding hydrogens is 611 g/mol. The van der Waals surface area contributed by atoms with Crippen LogP contribution in [-0.2, 0) is 26.0 Å². The number of amidine groups is 1. The number of rotatable bonds is 11. The topological polar surface area (TPSA) is 76.5 Å². The molecule has 3 aromatic rings. The van der Waals surface area contributed by atoms with Crippen LogP contribution in [0.25, 0.3) is 0 Å². The smallest absolute Gasteiger partial charge is 0.326 e. The molecule has 0 aliphatic carbocycles. The fourth-order valence-corrected chi connectivity index (χ4v) is 5.96. The minimum absolute atomic E-state index is 0.218. The maximum atomic E-state index is 15.0. The number of hydrogen-bond donors (Lipinski definition) is 0. The Balaban J connectivity index is 2.07. The Morgan fingerprint density at radius 1 is 0.911 bits per heavy atom. The average molecular weight is 656 g/mol. The van der Waals surface area contributed by atoms with E-state index >= 15 is 4.79 Å². The van der Waals surface area contributed by atoms with Gasteiger partial charge in [-0.05, 0) is 56.2 Å². The number of carbonyl (C=O) groups excluding carboxylic acids is 1. The van der Waals surface area contributed by atoms with E-state index in [1.807, 2.05) is 75.4 Å². The number of pyridine rings is 1. The zero-order valence-corrected chi connectivity index (χ0v) is 29.0. The number of halogens is 2. The largest absolute Gasteiger partial charge is 0.493 e. The molecule has 0 saturated heterocycles. The van der Waals surface area contributed by atoms with Crippen molar-refractivity contribution in [2.24, 2.45) is 4.99 Å². The predicted octanol–water partition coefficient (Wildman–Crippen LogP) is 7.69. The second-order valence-corrected chi connectivity index (χ2v) is 13.3. The van der Waals surface area contributed by atoms with Crippen LogP contribution in [0.1, 0.15) is 63.9 Å². The molecule has 10 heteroatoms. The van der Waals surface area contributed by atoms with Crippen molar-refractivity contribution in [1.29, 1.82) is 0 Å². The lowest BCUT2D eigenvalue weighted by molar-refractivity contribution is 0.0834. The summed E-state index contributed by atoms with van der Waals surface area (Å²) in [5, 5.41) is 1.20. The van der Waals surface area contributed by atoms with Gasteiger partial charge >= 0.3 is 6.03 Å². The number of nitrogens with zero attached hydrogens (tertiary/aromatic N) is 4. The van der Waals surface area contributed by atoms with E-state index in [-0.39, 0.29) is 11.4 Å². The molecule has 0 saturated carbocycles. The maximum Gasteiger partial charge on any atom is 0.326 e. The van der Waals surface area contributed by atoms with E-state index in [9.17, 15) is 0 Å². The van der Waals surface area contributed by atoms with Crippen LogP contribution in [0, 0.1) is 0 Å². The van der Waals surface area contributed by atoms with Gasteiger partial charge in [-0.3, -0.25) is 14.9 Å². The zero-order valence-electron chi connectivity index (χ0n) is 27.5. The number of urea groups is 1. The molecule has 2 aromatic carbocycles. The van der Waals surface area contributed by atoms with Crippen LogP contribution < -0.4 is 4.74 Å². The van der Waals surface area contributed by atoms with Crippen molar-refractivity contribution in [2.75, 3.05) is 47.1 Å². The monoisotopic (exact) mass is 654 g/mol. The molecule has 1 aliphatic heterocycles. The van der Waals surface area contributed by atoms with Crippen LogP contribution in [-0.4, -0.2) is 73.8 Å². The average Bonchev–Trinajstić information content (AvgIpc) is 3.25. The van der Waals surface area contributed by atoms with Gasteiger partial charge in [0.2, 0.25) is 0 Å². The molecule has 4 rings (SSSR count). The van der Waals surface area contributed by atoms with Crippen LogP contribution in [0.3, 0.4) is 0 Å². The van der Waals surface area contributed by atoms with Crippen LogP contribution in [0.2, 0.25) is 10.0 Å². The molecule has 0 fully saturated rings. The molecule has 0 radical (unpaired) electrons. The molecule has 242 valence electrons. The first-order valence-corrected chi connectivity index (χ1v) is 15.9. The molecule has 1 aliphatic rings. The molecule has 0 spiro atoms. The van der Waals surface area contributed by atoms with E-state index in [2.05, 4.69) is 20.8 Å². The van der Waals surface area contributed by atoms with Crippen molar-refractivity contribution in [3.05, 3.63) is 93.2 Å². The maximum absolute atomic E-state index is 15.0. The number of carbonyl (C=O) groups is 1. The first kappa shape index (κ1) is 34.7. The van der Waals surface area contributed by atoms with Gasteiger partial charge in [-0.2, -0.15) is 0 Å². The lowest BCUT2D eigenvalue weighted by atomic mass is 9.71. The van der Waals surface area contributed by atoms with Gasteiger partial charge in [-0.15, -0.1) is 0 Å². The van der Waals surface area contributed by atoms with Gasteiger partial charge in [-0.1, -0.05) is 68.2 Å². The highest BCUT2D eigenvalue weighted by Gasteiger charge is 2.60. The minimum Gasteiger partial charge on any atom is -0.493 e. The fourth-order valence-electron chi connectivity index (χ4n) is 5.70. The summed E-state index contributed by atoms with van der Waals surface area (Å²) >= 11 is 12.7. The van der Waals surface area contributed by atoms with Crippen molar-refractivity contribution >= 4 is 35.1 Å². The van der Waals surface area contributed by atoms with Crippen LogP contribution in [0.5, 0.6) is 5.75 Å². The second-order valence-electron chi connectivity index (χ2n) is 12.4. The Kier molecular flexibility index (Phi) is 10.9. The summed E-state index contributed by atoms with van der Waals surface area (Å²) in [5.41, 5.74) is 0.994. The number of hydrogen-bond acceptors (Lipinski definition) is 6. The molecule has 45 heavy (non-hydrogen) atoms. The van der Waals surface area contributed by atoms with Gasteiger partial charge in [0.05, 0.1) is 25.4 Å². The molecule has 2 atom stereocenters. The lowest BCUT2D eigenvalue weighted by Crippen LogP contribution is -2.59. The molecule has 2 amide bonds. The van der Waals surface area contributed by atoms with Crippen molar-refractivity contribution in [2.45, 2.75) is 58.0 Å². The first-order chi connectivity index (χ1) is 21.3. The Bertz CT molecular complexity index is 1500. The van der Waals surface area contributed by atoms with Gasteiger partial charge in [0.15, 0.2) is 0 Å². The molecule has 1 aromatic heterocycles. The number of benzene rings is 2. The van der Waals surface area contributed by atoms with E-state index in [1.54, 1.807) is 30.2 Å². The van der Waals surface area contributed by atoms with E-state index < -0.39 is 11.1 Å². The summed E-state index contributed by atoms with van der Waals surface area (Å²) < 4.78 is 17.0. The van der Waals surface area contributed by atoms with Crippen LogP contribution in [0.15, 0.2) is 65.8 Å². The second kappa shape index (κ2) is 14.1. The van der Waals surface area contributed by atoms with Crippen molar-refractivity contribution in [3.63, 3.8) is 0 Å². The van der Waals surface area contributed by atoms with Crippen LogP contribution >= 0.6 is 23.2 Å². The predicted molar refractivity (Wildman–Crippen MR) is 181 cm³/mol. The van der Waals surface area contributed by atoms with Gasteiger partial charge in [-0.25, -0.2) is 4.79 Å². The molecule has 2 heterocycles. The van der Waals surface area contributed by atoms with E-state index in [0.717, 1.165) is 16.8 Å². The Labute approximate surface area is 277 Å². The highest BCUT2D eigenvalue weighted by atomic mass is 35.5. The number of aliphatic imine (C=N–C) groups is 1. The first-order valence-electron chi connectivity index (χ1n) is 15.1. The third-order valence-corrected chi connectivity index (χ3v) is 9.02. The molecule has 0 unspecified atom stereocenters. The molecule has 8 nitrogen and oxygen atoms in total. The summed E-state index contributed by atoms with van der Waals surface area (Å²) in [6, 6.07) is 16.9. The minimum atomic E-state index is -1.04. The van der Waals surface area contributed by atoms with Gasteiger partial charge in [0, 0.05) is 60.7 Å². The summed E-state index contributed by atoms with van der Waals surface area (Å²) in [6.07, 6.45) is 1.77. The van der Waals surface area contributed by atoms with E-state index in [1.165, 1.54) is 0 Å². The van der Waals surface area contributed by atoms with Gasteiger partial charge in [0.25, 0.3) is 0 Å². The van der Waals surface area contributed by atoms with E-state index in [4.69, 9.17) is 47.4 Å². The highest BCUT2D eigenvalue weighted by Crippen LogP contribution is 2.54. The number of aromatic nitrogens is 1. The number of amides is 2. The van der Waals surface area contributed by atoms with Crippen molar-refractivity contribution in [1.82, 2.24) is 14.8 Å². The standard InChI is InChI=1S/C35H44Cl2N4O4/c1-9-45-29-22-30(33(2,3)4)38-23-28(29)31-39-34(5,24-10-14-26(36)15-11-24)35(6,25-12-16-27(37)17-13-25)41(31)32(42)40(18-20-43-7)19-21-44-8/h10-17,22-23H,9,18-21H2,1-8H3/t34-,35+/m0/s1. The SMILES string of the molecule is CCOc1cc(C(C)(C)C)ncc1C1=N[C@@](C)(c2ccc(Cl)cc2)[C@@](C)(c2ccc(Cl)cc2)N1C(=O)N(CCOC)CCOC.